The monoisotopic (exact) mass is 286 g/mol. The summed E-state index contributed by atoms with van der Waals surface area (Å²) >= 11 is 0. The Morgan fingerprint density at radius 2 is 2.05 bits per heavy atom. The Labute approximate surface area is 132 Å². The van der Waals surface area contributed by atoms with Gasteiger partial charge < -0.3 is 0 Å². The van der Waals surface area contributed by atoms with E-state index in [9.17, 15) is 0 Å². The van der Waals surface area contributed by atoms with E-state index in [0.717, 1.165) is 12.8 Å². The van der Waals surface area contributed by atoms with Gasteiger partial charge >= 0.3 is 0 Å². The Kier molecular flexibility index (Phi) is 2.91. The summed E-state index contributed by atoms with van der Waals surface area (Å²) in [6.45, 7) is 6.85. The topological polar surface area (TPSA) is 0 Å². The number of hydrogen-bond donors (Lipinski definition) is 0. The predicted octanol–water partition coefficient (Wildman–Crippen LogP) is 4.11. The van der Waals surface area contributed by atoms with Crippen molar-refractivity contribution in [1.29, 1.82) is 0 Å². The molecule has 4 rings (SSSR count). The molecule has 3 aliphatic rings. The molecule has 0 saturated heterocycles. The first-order chi connectivity index (χ1) is 10.6. The Hall–Kier alpha value is -2.08. The highest BCUT2D eigenvalue weighted by Gasteiger charge is 2.33. The first-order valence-corrected chi connectivity index (χ1v) is 8.25. The number of aryl methyl sites for hydroxylation is 1. The van der Waals surface area contributed by atoms with Crippen LogP contribution in [-0.2, 0) is 0 Å². The van der Waals surface area contributed by atoms with Crippen molar-refractivity contribution in [2.45, 2.75) is 33.6 Å². The van der Waals surface area contributed by atoms with E-state index >= 15 is 0 Å². The van der Waals surface area contributed by atoms with Crippen LogP contribution in [0.4, 0.5) is 0 Å². The lowest BCUT2D eigenvalue weighted by molar-refractivity contribution is 0.495. The molecule has 0 heteroatoms. The van der Waals surface area contributed by atoms with Crippen LogP contribution < -0.4 is 10.4 Å². The summed E-state index contributed by atoms with van der Waals surface area (Å²) in [5, 5.41) is 2.76. The summed E-state index contributed by atoms with van der Waals surface area (Å²) in [6, 6.07) is 6.81. The quantitative estimate of drug-likeness (QED) is 0.767. The van der Waals surface area contributed by atoms with Crippen LogP contribution in [0.15, 0.2) is 65.3 Å². The Balaban J connectivity index is 2.05. The maximum Gasteiger partial charge on any atom is 0.0113 e. The fraction of sp³-hybridized carbons (Fsp3) is 0.273. The molecule has 1 aromatic carbocycles. The second kappa shape index (κ2) is 4.71. The van der Waals surface area contributed by atoms with Crippen LogP contribution in [0.3, 0.4) is 0 Å². The van der Waals surface area contributed by atoms with E-state index < -0.39 is 0 Å². The molecule has 0 amide bonds. The van der Waals surface area contributed by atoms with Gasteiger partial charge in [0, 0.05) is 5.41 Å². The molecule has 0 saturated carbocycles. The van der Waals surface area contributed by atoms with Crippen LogP contribution in [0.25, 0.3) is 11.6 Å². The lowest BCUT2D eigenvalue weighted by Crippen LogP contribution is -2.24. The molecule has 0 spiro atoms. The smallest absolute Gasteiger partial charge is 0.0113 e. The molecule has 0 heterocycles. The lowest BCUT2D eigenvalue weighted by atomic mass is 9.69. The average Bonchev–Trinajstić information content (AvgIpc) is 3.13. The highest BCUT2D eigenvalue weighted by Crippen LogP contribution is 2.47. The summed E-state index contributed by atoms with van der Waals surface area (Å²) < 4.78 is 0. The Morgan fingerprint density at radius 3 is 2.77 bits per heavy atom. The van der Waals surface area contributed by atoms with Gasteiger partial charge in [0.2, 0.25) is 0 Å². The van der Waals surface area contributed by atoms with Gasteiger partial charge in [0.1, 0.15) is 0 Å². The van der Waals surface area contributed by atoms with Gasteiger partial charge in [-0.1, -0.05) is 68.0 Å². The number of benzene rings is 1. The molecule has 1 atom stereocenters. The molecule has 0 radical (unpaired) electrons. The Morgan fingerprint density at radius 1 is 1.18 bits per heavy atom. The first-order valence-electron chi connectivity index (χ1n) is 8.25. The van der Waals surface area contributed by atoms with E-state index in [-0.39, 0.29) is 5.41 Å². The summed E-state index contributed by atoms with van der Waals surface area (Å²) in [5.74, 6) is 0. The summed E-state index contributed by atoms with van der Waals surface area (Å²) in [4.78, 5) is 0. The highest BCUT2D eigenvalue weighted by molar-refractivity contribution is 5.91. The third-order valence-electron chi connectivity index (χ3n) is 5.37. The van der Waals surface area contributed by atoms with Gasteiger partial charge in [-0.15, -0.1) is 0 Å². The van der Waals surface area contributed by atoms with E-state index in [1.54, 1.807) is 0 Å². The zero-order valence-electron chi connectivity index (χ0n) is 13.6. The third-order valence-corrected chi connectivity index (χ3v) is 5.37. The van der Waals surface area contributed by atoms with Crippen molar-refractivity contribution in [2.75, 3.05) is 0 Å². The fourth-order valence-corrected chi connectivity index (χ4v) is 3.94. The highest BCUT2D eigenvalue weighted by atomic mass is 14.4. The zero-order chi connectivity index (χ0) is 15.3. The van der Waals surface area contributed by atoms with Gasteiger partial charge in [-0.3, -0.25) is 0 Å². The van der Waals surface area contributed by atoms with Crippen LogP contribution in [0.1, 0.15) is 32.3 Å². The van der Waals surface area contributed by atoms with Crippen LogP contribution >= 0.6 is 0 Å². The van der Waals surface area contributed by atoms with Crippen molar-refractivity contribution < 1.29 is 0 Å². The lowest BCUT2D eigenvalue weighted by Gasteiger charge is -2.34. The summed E-state index contributed by atoms with van der Waals surface area (Å²) in [6.07, 6.45) is 16.1. The van der Waals surface area contributed by atoms with Gasteiger partial charge in [0.15, 0.2) is 0 Å². The summed E-state index contributed by atoms with van der Waals surface area (Å²) in [7, 11) is 0. The maximum atomic E-state index is 2.42. The van der Waals surface area contributed by atoms with Crippen molar-refractivity contribution in [2.24, 2.45) is 5.41 Å². The van der Waals surface area contributed by atoms with E-state index in [1.807, 2.05) is 0 Å². The molecule has 0 aliphatic heterocycles. The van der Waals surface area contributed by atoms with Crippen molar-refractivity contribution >= 4 is 11.6 Å². The predicted molar refractivity (Wildman–Crippen MR) is 94.7 cm³/mol. The maximum absolute atomic E-state index is 2.42. The molecule has 1 aromatic rings. The van der Waals surface area contributed by atoms with Crippen LogP contribution in [0.5, 0.6) is 0 Å². The number of hydrogen-bond acceptors (Lipinski definition) is 0. The first kappa shape index (κ1) is 13.6. The van der Waals surface area contributed by atoms with Crippen molar-refractivity contribution in [3.8, 4) is 0 Å². The molecular weight excluding hydrogens is 264 g/mol. The number of rotatable bonds is 2. The standard InChI is InChI=1S/C22H22/c1-4-22(3)12-11-19-18-10-9-15(2)13-17(18)14-20(19)21(22)16-7-5-6-8-16/h5-7,9-14H,4,8H2,1-3H3. The third kappa shape index (κ3) is 1.83. The van der Waals surface area contributed by atoms with Crippen LogP contribution in [-0.4, -0.2) is 0 Å². The van der Waals surface area contributed by atoms with Gasteiger partial charge in [-0.05, 0) is 58.6 Å². The van der Waals surface area contributed by atoms with Gasteiger partial charge in [-0.2, -0.15) is 0 Å². The average molecular weight is 286 g/mol. The Bertz CT molecular complexity index is 900. The molecule has 22 heavy (non-hydrogen) atoms. The molecule has 0 fully saturated rings. The van der Waals surface area contributed by atoms with Crippen LogP contribution in [0.2, 0.25) is 0 Å². The minimum Gasteiger partial charge on any atom is -0.0801 e. The van der Waals surface area contributed by atoms with Crippen molar-refractivity contribution in [3.05, 3.63) is 81.3 Å². The second-order valence-electron chi connectivity index (χ2n) is 6.87. The van der Waals surface area contributed by atoms with Crippen molar-refractivity contribution in [3.63, 3.8) is 0 Å². The van der Waals surface area contributed by atoms with E-state index in [1.165, 1.54) is 38.3 Å². The molecule has 110 valence electrons. The van der Waals surface area contributed by atoms with Gasteiger partial charge in [0.05, 0.1) is 0 Å². The van der Waals surface area contributed by atoms with Crippen molar-refractivity contribution in [1.82, 2.24) is 0 Å². The van der Waals surface area contributed by atoms with Crippen LogP contribution in [0, 0.1) is 12.3 Å². The summed E-state index contributed by atoms with van der Waals surface area (Å²) in [5.41, 5.74) is 7.35. The van der Waals surface area contributed by atoms with E-state index in [4.69, 9.17) is 0 Å². The number of allylic oxidation sites excluding steroid dienone is 8. The minimum absolute atomic E-state index is 0.143. The molecule has 3 aliphatic carbocycles. The molecular formula is C22H22. The fourth-order valence-electron chi connectivity index (χ4n) is 3.94. The molecule has 0 bridgehead atoms. The second-order valence-corrected chi connectivity index (χ2v) is 6.87. The molecule has 1 unspecified atom stereocenters. The van der Waals surface area contributed by atoms with Gasteiger partial charge in [0.25, 0.3) is 0 Å². The van der Waals surface area contributed by atoms with Gasteiger partial charge in [-0.25, -0.2) is 0 Å². The normalized spacial score (nSPS) is 25.2. The van der Waals surface area contributed by atoms with E-state index in [0.29, 0.717) is 0 Å². The number of fused-ring (bicyclic) bond motifs is 2. The SMILES string of the molecule is CCC1(C)C=CC2=c3ccc(C)cc3=CC2=C1C1=CC=CC1. The molecule has 0 aromatic heterocycles. The largest absolute Gasteiger partial charge is 0.0801 e. The van der Waals surface area contributed by atoms with E-state index in [2.05, 4.69) is 75.4 Å². The molecule has 0 nitrogen and oxygen atoms in total. The minimum atomic E-state index is 0.143. The molecule has 0 N–H and O–H groups in total. The zero-order valence-corrected chi connectivity index (χ0v) is 13.6.